The molecule has 16 heavy (non-hydrogen) atoms. The topological polar surface area (TPSA) is 0 Å². The lowest BCUT2D eigenvalue weighted by atomic mass is 9.52. The van der Waals surface area contributed by atoms with Crippen LogP contribution in [0.5, 0.6) is 0 Å². The predicted octanol–water partition coefficient (Wildman–Crippen LogP) is 5.77. The van der Waals surface area contributed by atoms with E-state index in [4.69, 9.17) is 0 Å². The van der Waals surface area contributed by atoms with Gasteiger partial charge in [-0.1, -0.05) is 75.7 Å². The Balaban J connectivity index is 5.26. The first-order chi connectivity index (χ1) is 6.91. The molecule has 0 amide bonds. The zero-order valence-electron chi connectivity index (χ0n) is 13.4. The average molecular weight is 226 g/mol. The van der Waals surface area contributed by atoms with E-state index in [1.165, 1.54) is 6.42 Å². The Morgan fingerprint density at radius 2 is 1.19 bits per heavy atom. The van der Waals surface area contributed by atoms with E-state index in [9.17, 15) is 0 Å². The van der Waals surface area contributed by atoms with Crippen LogP contribution in [0.1, 0.15) is 75.7 Å². The molecule has 0 aromatic carbocycles. The fourth-order valence-corrected chi connectivity index (χ4v) is 2.69. The van der Waals surface area contributed by atoms with E-state index in [0.717, 1.165) is 11.8 Å². The van der Waals surface area contributed by atoms with Crippen molar-refractivity contribution in [2.45, 2.75) is 75.7 Å². The highest BCUT2D eigenvalue weighted by Gasteiger charge is 2.46. The summed E-state index contributed by atoms with van der Waals surface area (Å²) in [6, 6.07) is 0. The van der Waals surface area contributed by atoms with E-state index in [1.54, 1.807) is 0 Å². The van der Waals surface area contributed by atoms with Crippen LogP contribution in [0.2, 0.25) is 0 Å². The van der Waals surface area contributed by atoms with E-state index in [0.29, 0.717) is 16.2 Å². The number of rotatable bonds is 4. The molecule has 0 rings (SSSR count). The van der Waals surface area contributed by atoms with Gasteiger partial charge in [-0.15, -0.1) is 0 Å². The molecule has 0 saturated heterocycles. The third-order valence-electron chi connectivity index (χ3n) is 6.09. The van der Waals surface area contributed by atoms with E-state index in [1.807, 2.05) is 0 Å². The smallest absolute Gasteiger partial charge is 0.0274 e. The Morgan fingerprint density at radius 1 is 0.812 bits per heavy atom. The van der Waals surface area contributed by atoms with Crippen molar-refractivity contribution in [2.24, 2.45) is 28.1 Å². The molecule has 0 aromatic heterocycles. The monoisotopic (exact) mass is 226 g/mol. The Bertz CT molecular complexity index is 212. The summed E-state index contributed by atoms with van der Waals surface area (Å²) < 4.78 is 0. The quantitative estimate of drug-likeness (QED) is 0.571. The van der Waals surface area contributed by atoms with Crippen LogP contribution in [0.4, 0.5) is 0 Å². The maximum absolute atomic E-state index is 2.47. The van der Waals surface area contributed by atoms with Gasteiger partial charge in [0, 0.05) is 0 Å². The van der Waals surface area contributed by atoms with Gasteiger partial charge in [-0.2, -0.15) is 0 Å². The second-order valence-electron chi connectivity index (χ2n) is 7.71. The average Bonchev–Trinajstić information content (AvgIpc) is 2.13. The summed E-state index contributed by atoms with van der Waals surface area (Å²) in [5, 5.41) is 0. The van der Waals surface area contributed by atoms with Gasteiger partial charge >= 0.3 is 0 Å². The van der Waals surface area contributed by atoms with Gasteiger partial charge < -0.3 is 0 Å². The third kappa shape index (κ3) is 2.63. The standard InChI is InChI=1S/C16H34/c1-11-16(10,12(2)3)13(4)15(8,9)14(5,6)7/h12-13H,11H2,1-10H3. The van der Waals surface area contributed by atoms with E-state index < -0.39 is 0 Å². The van der Waals surface area contributed by atoms with Crippen molar-refractivity contribution in [3.8, 4) is 0 Å². The Hall–Kier alpha value is 0. The molecule has 0 fully saturated rings. The lowest BCUT2D eigenvalue weighted by molar-refractivity contribution is -0.0374. The van der Waals surface area contributed by atoms with Crippen molar-refractivity contribution < 1.29 is 0 Å². The second-order valence-corrected chi connectivity index (χ2v) is 7.71. The molecule has 0 aliphatic carbocycles. The summed E-state index contributed by atoms with van der Waals surface area (Å²) in [5.41, 5.74) is 1.16. The molecular formula is C16H34. The Labute approximate surface area is 104 Å². The van der Waals surface area contributed by atoms with Crippen LogP contribution >= 0.6 is 0 Å². The van der Waals surface area contributed by atoms with Crippen molar-refractivity contribution in [1.82, 2.24) is 0 Å². The Kier molecular flexibility index (Phi) is 4.70. The first-order valence-corrected chi connectivity index (χ1v) is 6.91. The van der Waals surface area contributed by atoms with Crippen LogP contribution in [0, 0.1) is 28.1 Å². The molecule has 0 N–H and O–H groups in total. The van der Waals surface area contributed by atoms with Gasteiger partial charge in [-0.3, -0.25) is 0 Å². The molecule has 2 unspecified atom stereocenters. The first-order valence-electron chi connectivity index (χ1n) is 6.91. The lowest BCUT2D eigenvalue weighted by Gasteiger charge is -2.53. The molecule has 0 aliphatic rings. The molecule has 0 saturated carbocycles. The fraction of sp³-hybridized carbons (Fsp3) is 1.00. The van der Waals surface area contributed by atoms with E-state index in [-0.39, 0.29) is 0 Å². The highest BCUT2D eigenvalue weighted by Crippen LogP contribution is 2.54. The maximum atomic E-state index is 2.47. The molecule has 0 bridgehead atoms. The minimum absolute atomic E-state index is 0.359. The van der Waals surface area contributed by atoms with Gasteiger partial charge in [0.1, 0.15) is 0 Å². The van der Waals surface area contributed by atoms with Crippen molar-refractivity contribution in [2.75, 3.05) is 0 Å². The van der Waals surface area contributed by atoms with E-state index >= 15 is 0 Å². The largest absolute Gasteiger partial charge is 0.0648 e. The lowest BCUT2D eigenvalue weighted by Crippen LogP contribution is -2.45. The van der Waals surface area contributed by atoms with Crippen LogP contribution in [-0.4, -0.2) is 0 Å². The summed E-state index contributed by atoms with van der Waals surface area (Å²) in [5.74, 6) is 1.47. The van der Waals surface area contributed by atoms with Crippen LogP contribution in [0.15, 0.2) is 0 Å². The normalized spacial score (nSPS) is 19.7. The summed E-state index contributed by atoms with van der Waals surface area (Å²) in [6.07, 6.45) is 1.27. The highest BCUT2D eigenvalue weighted by atomic mass is 14.5. The van der Waals surface area contributed by atoms with Gasteiger partial charge in [0.05, 0.1) is 0 Å². The molecule has 0 aromatic rings. The zero-order chi connectivity index (χ0) is 13.4. The van der Waals surface area contributed by atoms with Gasteiger partial charge in [0.25, 0.3) is 0 Å². The highest BCUT2D eigenvalue weighted by molar-refractivity contribution is 4.95. The molecule has 0 nitrogen and oxygen atoms in total. The van der Waals surface area contributed by atoms with Crippen LogP contribution in [-0.2, 0) is 0 Å². The maximum Gasteiger partial charge on any atom is -0.0274 e. The van der Waals surface area contributed by atoms with Crippen molar-refractivity contribution in [3.63, 3.8) is 0 Å². The molecular weight excluding hydrogens is 192 g/mol. The summed E-state index contributed by atoms with van der Waals surface area (Å²) in [4.78, 5) is 0. The number of hydrogen-bond acceptors (Lipinski definition) is 0. The zero-order valence-corrected chi connectivity index (χ0v) is 13.4. The minimum Gasteiger partial charge on any atom is -0.0648 e. The SMILES string of the molecule is CCC(C)(C(C)C)C(C)C(C)(C)C(C)(C)C. The summed E-state index contributed by atoms with van der Waals surface area (Å²) >= 11 is 0. The van der Waals surface area contributed by atoms with Crippen LogP contribution < -0.4 is 0 Å². The number of hydrogen-bond donors (Lipinski definition) is 0. The summed E-state index contributed by atoms with van der Waals surface area (Å²) in [6.45, 7) is 24.0. The van der Waals surface area contributed by atoms with Crippen molar-refractivity contribution in [1.29, 1.82) is 0 Å². The minimum atomic E-state index is 0.359. The molecule has 0 heterocycles. The third-order valence-corrected chi connectivity index (χ3v) is 6.09. The van der Waals surface area contributed by atoms with E-state index in [2.05, 4.69) is 69.2 Å². The van der Waals surface area contributed by atoms with Gasteiger partial charge in [-0.25, -0.2) is 0 Å². The van der Waals surface area contributed by atoms with Gasteiger partial charge in [0.15, 0.2) is 0 Å². The molecule has 0 heteroatoms. The Morgan fingerprint density at radius 3 is 1.38 bits per heavy atom. The summed E-state index contributed by atoms with van der Waals surface area (Å²) in [7, 11) is 0. The van der Waals surface area contributed by atoms with Crippen LogP contribution in [0.3, 0.4) is 0 Å². The van der Waals surface area contributed by atoms with Crippen molar-refractivity contribution >= 4 is 0 Å². The molecule has 0 radical (unpaired) electrons. The van der Waals surface area contributed by atoms with Gasteiger partial charge in [0.2, 0.25) is 0 Å². The predicted molar refractivity (Wildman–Crippen MR) is 75.6 cm³/mol. The fourth-order valence-electron chi connectivity index (χ4n) is 2.69. The molecule has 0 spiro atoms. The van der Waals surface area contributed by atoms with Crippen LogP contribution in [0.25, 0.3) is 0 Å². The molecule has 2 atom stereocenters. The first kappa shape index (κ1) is 16.0. The van der Waals surface area contributed by atoms with Crippen molar-refractivity contribution in [3.05, 3.63) is 0 Å². The molecule has 0 aliphatic heterocycles. The second kappa shape index (κ2) is 4.70. The molecule has 98 valence electrons. The van der Waals surface area contributed by atoms with Gasteiger partial charge in [-0.05, 0) is 28.1 Å².